The smallest absolute Gasteiger partial charge is 0.254 e. The van der Waals surface area contributed by atoms with E-state index in [2.05, 4.69) is 5.32 Å². The van der Waals surface area contributed by atoms with Crippen LogP contribution in [0.15, 0.2) is 42.5 Å². The Morgan fingerprint density at radius 2 is 1.78 bits per heavy atom. The van der Waals surface area contributed by atoms with E-state index in [4.69, 9.17) is 18.9 Å². The molecule has 1 aliphatic rings. The molecule has 0 bridgehead atoms. The van der Waals surface area contributed by atoms with E-state index in [0.29, 0.717) is 49.1 Å². The van der Waals surface area contributed by atoms with Crippen LogP contribution in [0.4, 0.5) is 0 Å². The average molecular weight is 443 g/mol. The number of carbonyl (C=O) groups excluding carboxylic acids is 2. The van der Waals surface area contributed by atoms with Crippen molar-refractivity contribution in [3.63, 3.8) is 0 Å². The summed E-state index contributed by atoms with van der Waals surface area (Å²) in [6, 6.07) is 12.6. The zero-order valence-electron chi connectivity index (χ0n) is 18.9. The summed E-state index contributed by atoms with van der Waals surface area (Å²) in [6.07, 6.45) is 0. The molecule has 2 atom stereocenters. The van der Waals surface area contributed by atoms with E-state index in [1.807, 2.05) is 18.2 Å². The standard InChI is InChI=1S/C24H30N2O6/c1-29-12-11-25-23(27)20-15-26(24(28)16-7-5-8-17(13-16)30-2)14-19(20)18-9-6-10-21(31-3)22(18)32-4/h5-10,13,19-20H,11-12,14-15H2,1-4H3,(H,25,27)/t19-,20-/m0/s1. The third-order valence-electron chi connectivity index (χ3n) is 5.70. The molecule has 1 saturated heterocycles. The van der Waals surface area contributed by atoms with Crippen LogP contribution in [-0.2, 0) is 9.53 Å². The Morgan fingerprint density at radius 3 is 2.47 bits per heavy atom. The second-order valence-electron chi connectivity index (χ2n) is 7.52. The molecule has 172 valence electrons. The number of nitrogens with one attached hydrogen (secondary N) is 1. The fourth-order valence-electron chi connectivity index (χ4n) is 4.10. The van der Waals surface area contributed by atoms with Gasteiger partial charge in [-0.15, -0.1) is 0 Å². The van der Waals surface area contributed by atoms with Gasteiger partial charge in [-0.25, -0.2) is 0 Å². The lowest BCUT2D eigenvalue weighted by Crippen LogP contribution is -2.37. The van der Waals surface area contributed by atoms with Gasteiger partial charge in [0.2, 0.25) is 5.91 Å². The lowest BCUT2D eigenvalue weighted by Gasteiger charge is -2.21. The van der Waals surface area contributed by atoms with Gasteiger partial charge in [-0.2, -0.15) is 0 Å². The van der Waals surface area contributed by atoms with Gasteiger partial charge in [-0.05, 0) is 24.3 Å². The number of hydrogen-bond donors (Lipinski definition) is 1. The van der Waals surface area contributed by atoms with Crippen molar-refractivity contribution in [3.05, 3.63) is 53.6 Å². The molecule has 1 aliphatic heterocycles. The highest BCUT2D eigenvalue weighted by Crippen LogP contribution is 2.42. The van der Waals surface area contributed by atoms with E-state index in [9.17, 15) is 9.59 Å². The minimum Gasteiger partial charge on any atom is -0.497 e. The maximum absolute atomic E-state index is 13.3. The molecule has 2 amide bonds. The fourth-order valence-corrected chi connectivity index (χ4v) is 4.10. The quantitative estimate of drug-likeness (QED) is 0.600. The maximum Gasteiger partial charge on any atom is 0.254 e. The Morgan fingerprint density at radius 1 is 1.00 bits per heavy atom. The third kappa shape index (κ3) is 4.96. The molecular weight excluding hydrogens is 412 g/mol. The Bertz CT molecular complexity index is 948. The van der Waals surface area contributed by atoms with E-state index < -0.39 is 5.92 Å². The molecule has 0 aliphatic carbocycles. The summed E-state index contributed by atoms with van der Waals surface area (Å²) < 4.78 is 21.4. The van der Waals surface area contributed by atoms with Crippen LogP contribution in [-0.4, -0.2) is 71.4 Å². The van der Waals surface area contributed by atoms with Gasteiger partial charge < -0.3 is 29.2 Å². The molecular formula is C24H30N2O6. The largest absolute Gasteiger partial charge is 0.497 e. The first-order chi connectivity index (χ1) is 15.5. The van der Waals surface area contributed by atoms with E-state index in [1.54, 1.807) is 57.6 Å². The Hall–Kier alpha value is -3.26. The number of rotatable bonds is 9. The highest BCUT2D eigenvalue weighted by Gasteiger charge is 2.42. The SMILES string of the molecule is COCCNC(=O)[C@H]1CN(C(=O)c2cccc(OC)c2)C[C@H]1c1cccc(OC)c1OC. The van der Waals surface area contributed by atoms with Crippen molar-refractivity contribution in [3.8, 4) is 17.2 Å². The predicted molar refractivity (Wildman–Crippen MR) is 120 cm³/mol. The summed E-state index contributed by atoms with van der Waals surface area (Å²) in [5.41, 5.74) is 1.35. The van der Waals surface area contributed by atoms with Crippen molar-refractivity contribution in [2.24, 2.45) is 5.92 Å². The first-order valence-electron chi connectivity index (χ1n) is 10.4. The number of carbonyl (C=O) groups is 2. The van der Waals surface area contributed by atoms with Gasteiger partial charge in [0.1, 0.15) is 5.75 Å². The van der Waals surface area contributed by atoms with Crippen molar-refractivity contribution in [1.82, 2.24) is 10.2 Å². The monoisotopic (exact) mass is 442 g/mol. The van der Waals surface area contributed by atoms with Crippen LogP contribution in [0.25, 0.3) is 0 Å². The first-order valence-corrected chi connectivity index (χ1v) is 10.4. The zero-order chi connectivity index (χ0) is 23.1. The van der Waals surface area contributed by atoms with Gasteiger partial charge >= 0.3 is 0 Å². The summed E-state index contributed by atoms with van der Waals surface area (Å²) in [5.74, 6) is 0.793. The van der Waals surface area contributed by atoms with Gasteiger partial charge in [-0.3, -0.25) is 9.59 Å². The summed E-state index contributed by atoms with van der Waals surface area (Å²) in [5, 5.41) is 2.91. The molecule has 2 aromatic carbocycles. The van der Waals surface area contributed by atoms with Crippen LogP contribution in [0.2, 0.25) is 0 Å². The predicted octanol–water partition coefficient (Wildman–Crippen LogP) is 2.33. The van der Waals surface area contributed by atoms with Gasteiger partial charge in [0.25, 0.3) is 5.91 Å². The number of ether oxygens (including phenoxy) is 4. The van der Waals surface area contributed by atoms with Crippen LogP contribution >= 0.6 is 0 Å². The molecule has 0 unspecified atom stereocenters. The molecule has 1 heterocycles. The van der Waals surface area contributed by atoms with Crippen molar-refractivity contribution < 1.29 is 28.5 Å². The second-order valence-corrected chi connectivity index (χ2v) is 7.52. The highest BCUT2D eigenvalue weighted by molar-refractivity contribution is 5.95. The van der Waals surface area contributed by atoms with Crippen molar-refractivity contribution >= 4 is 11.8 Å². The Kier molecular flexibility index (Phi) is 7.94. The molecule has 1 fully saturated rings. The van der Waals surface area contributed by atoms with Gasteiger partial charge in [0.15, 0.2) is 11.5 Å². The zero-order valence-corrected chi connectivity index (χ0v) is 18.9. The van der Waals surface area contributed by atoms with Crippen LogP contribution in [0.5, 0.6) is 17.2 Å². The van der Waals surface area contributed by atoms with E-state index in [1.165, 1.54) is 0 Å². The van der Waals surface area contributed by atoms with Crippen molar-refractivity contribution in [2.45, 2.75) is 5.92 Å². The lowest BCUT2D eigenvalue weighted by atomic mass is 9.87. The average Bonchev–Trinajstić information content (AvgIpc) is 3.28. The number of amides is 2. The minimum atomic E-state index is -0.442. The fraction of sp³-hybridized carbons (Fsp3) is 0.417. The van der Waals surface area contributed by atoms with Gasteiger partial charge in [-0.1, -0.05) is 18.2 Å². The van der Waals surface area contributed by atoms with E-state index in [0.717, 1.165) is 5.56 Å². The Labute approximate surface area is 188 Å². The van der Waals surface area contributed by atoms with E-state index >= 15 is 0 Å². The van der Waals surface area contributed by atoms with E-state index in [-0.39, 0.29) is 17.7 Å². The molecule has 2 aromatic rings. The molecule has 0 saturated carbocycles. The maximum atomic E-state index is 13.3. The number of para-hydroxylation sites is 1. The minimum absolute atomic E-state index is 0.127. The molecule has 1 N–H and O–H groups in total. The summed E-state index contributed by atoms with van der Waals surface area (Å²) >= 11 is 0. The van der Waals surface area contributed by atoms with Crippen LogP contribution < -0.4 is 19.5 Å². The number of benzene rings is 2. The first kappa shape index (κ1) is 23.4. The summed E-state index contributed by atoms with van der Waals surface area (Å²) in [6.45, 7) is 1.48. The van der Waals surface area contributed by atoms with Crippen LogP contribution in [0.1, 0.15) is 21.8 Å². The van der Waals surface area contributed by atoms with Gasteiger partial charge in [0.05, 0.1) is 33.9 Å². The molecule has 0 spiro atoms. The molecule has 0 radical (unpaired) electrons. The van der Waals surface area contributed by atoms with Gasteiger partial charge in [0, 0.05) is 43.8 Å². The number of methoxy groups -OCH3 is 4. The summed E-state index contributed by atoms with van der Waals surface area (Å²) in [4.78, 5) is 28.0. The summed E-state index contributed by atoms with van der Waals surface area (Å²) in [7, 11) is 6.29. The van der Waals surface area contributed by atoms with Crippen molar-refractivity contribution in [2.75, 3.05) is 54.7 Å². The highest BCUT2D eigenvalue weighted by atomic mass is 16.5. The third-order valence-corrected chi connectivity index (χ3v) is 5.70. The molecule has 8 heteroatoms. The molecule has 32 heavy (non-hydrogen) atoms. The van der Waals surface area contributed by atoms with Crippen LogP contribution in [0.3, 0.4) is 0 Å². The molecule has 0 aromatic heterocycles. The van der Waals surface area contributed by atoms with Crippen LogP contribution in [0, 0.1) is 5.92 Å². The number of hydrogen-bond acceptors (Lipinski definition) is 6. The lowest BCUT2D eigenvalue weighted by molar-refractivity contribution is -0.125. The number of nitrogens with zero attached hydrogens (tertiary/aromatic N) is 1. The topological polar surface area (TPSA) is 86.3 Å². The van der Waals surface area contributed by atoms with Crippen molar-refractivity contribution in [1.29, 1.82) is 0 Å². The molecule has 3 rings (SSSR count). The number of likely N-dealkylation sites (tertiary alicyclic amines) is 1. The Balaban J connectivity index is 1.92. The molecule has 8 nitrogen and oxygen atoms in total. The second kappa shape index (κ2) is 10.9. The normalized spacial score (nSPS) is 17.7.